The van der Waals surface area contributed by atoms with Gasteiger partial charge >= 0.3 is 0 Å². The van der Waals surface area contributed by atoms with E-state index in [1.807, 2.05) is 39.0 Å². The molecule has 1 aliphatic rings. The Morgan fingerprint density at radius 1 is 1.07 bits per heavy atom. The smallest absolute Gasteiger partial charge is 0.0842 e. The van der Waals surface area contributed by atoms with E-state index >= 15 is 0 Å². The molecule has 1 aromatic rings. The summed E-state index contributed by atoms with van der Waals surface area (Å²) in [6.07, 6.45) is -0.00986. The van der Waals surface area contributed by atoms with Crippen molar-refractivity contribution in [2.45, 2.75) is 45.8 Å². The molecule has 2 atom stereocenters. The van der Waals surface area contributed by atoms with Gasteiger partial charge in [-0.3, -0.25) is 0 Å². The van der Waals surface area contributed by atoms with Crippen LogP contribution in [-0.4, -0.2) is 22.4 Å². The maximum absolute atomic E-state index is 9.50. The summed E-state index contributed by atoms with van der Waals surface area (Å²) in [5.74, 6) is 0. The van der Waals surface area contributed by atoms with Crippen molar-refractivity contribution in [1.82, 2.24) is 0 Å². The van der Waals surface area contributed by atoms with Gasteiger partial charge in [0.15, 0.2) is 0 Å². The van der Waals surface area contributed by atoms with Gasteiger partial charge in [0.2, 0.25) is 0 Å². The van der Waals surface area contributed by atoms with Crippen LogP contribution in [0.3, 0.4) is 0 Å². The minimum Gasteiger partial charge on any atom is -0.390 e. The summed E-state index contributed by atoms with van der Waals surface area (Å²) < 4.78 is 0. The predicted molar refractivity (Wildman–Crippen MR) is 61.9 cm³/mol. The average molecular weight is 208 g/mol. The van der Waals surface area contributed by atoms with Crippen molar-refractivity contribution >= 4 is 0 Å². The number of hydrogen-bond acceptors (Lipinski definition) is 2. The lowest BCUT2D eigenvalue weighted by Crippen LogP contribution is -2.34. The van der Waals surface area contributed by atoms with Gasteiger partial charge in [-0.25, -0.2) is 0 Å². The Balaban J connectivity index is 0.000000531. The molecule has 0 spiro atoms. The van der Waals surface area contributed by atoms with Gasteiger partial charge in [0, 0.05) is 12.8 Å². The van der Waals surface area contributed by atoms with Crippen LogP contribution < -0.4 is 0 Å². The van der Waals surface area contributed by atoms with E-state index in [1.165, 1.54) is 16.7 Å². The van der Waals surface area contributed by atoms with E-state index in [2.05, 4.69) is 0 Å². The lowest BCUT2D eigenvalue weighted by Gasteiger charge is -2.26. The molecule has 1 aliphatic carbocycles. The number of hydrogen-bond donors (Lipinski definition) is 2. The summed E-state index contributed by atoms with van der Waals surface area (Å²) in [5, 5.41) is 19.0. The summed E-state index contributed by atoms with van der Waals surface area (Å²) in [5.41, 5.74) is 3.60. The van der Waals surface area contributed by atoms with Gasteiger partial charge in [-0.15, -0.1) is 0 Å². The molecular formula is C13H20O2. The molecule has 0 radical (unpaired) electrons. The molecule has 2 N–H and O–H groups in total. The van der Waals surface area contributed by atoms with Crippen molar-refractivity contribution in [2.75, 3.05) is 0 Å². The fourth-order valence-corrected chi connectivity index (χ4v) is 1.95. The van der Waals surface area contributed by atoms with Crippen molar-refractivity contribution in [3.8, 4) is 0 Å². The molecule has 0 fully saturated rings. The van der Waals surface area contributed by atoms with E-state index in [1.54, 1.807) is 0 Å². The zero-order chi connectivity index (χ0) is 11.4. The molecule has 0 heterocycles. The van der Waals surface area contributed by atoms with Crippen molar-refractivity contribution in [3.05, 3.63) is 34.9 Å². The van der Waals surface area contributed by atoms with E-state index in [0.717, 1.165) is 0 Å². The number of fused-ring (bicyclic) bond motifs is 1. The van der Waals surface area contributed by atoms with Crippen molar-refractivity contribution in [3.63, 3.8) is 0 Å². The SMILES string of the molecule is CC.Cc1cccc2c1CC(O)C(O)C2. The van der Waals surface area contributed by atoms with Crippen LogP contribution in [0.25, 0.3) is 0 Å². The fraction of sp³-hybridized carbons (Fsp3) is 0.538. The van der Waals surface area contributed by atoms with Crippen LogP contribution in [0.15, 0.2) is 18.2 Å². The highest BCUT2D eigenvalue weighted by Crippen LogP contribution is 2.24. The molecule has 2 rings (SSSR count). The first-order valence-corrected chi connectivity index (χ1v) is 5.62. The largest absolute Gasteiger partial charge is 0.390 e. The molecule has 0 saturated heterocycles. The Bertz CT molecular complexity index is 320. The van der Waals surface area contributed by atoms with Crippen LogP contribution in [0.5, 0.6) is 0 Å². The molecule has 2 nitrogen and oxygen atoms in total. The third-order valence-corrected chi connectivity index (χ3v) is 2.79. The zero-order valence-corrected chi connectivity index (χ0v) is 9.70. The van der Waals surface area contributed by atoms with Gasteiger partial charge in [-0.05, 0) is 23.6 Å². The van der Waals surface area contributed by atoms with E-state index in [-0.39, 0.29) is 0 Å². The highest BCUT2D eigenvalue weighted by atomic mass is 16.3. The normalized spacial score (nSPS) is 23.8. The Morgan fingerprint density at radius 2 is 1.67 bits per heavy atom. The van der Waals surface area contributed by atoms with Crippen LogP contribution in [0.2, 0.25) is 0 Å². The van der Waals surface area contributed by atoms with Crippen LogP contribution in [-0.2, 0) is 12.8 Å². The minimum atomic E-state index is -0.589. The van der Waals surface area contributed by atoms with Gasteiger partial charge in [0.05, 0.1) is 12.2 Å². The monoisotopic (exact) mass is 208 g/mol. The van der Waals surface area contributed by atoms with E-state index in [9.17, 15) is 10.2 Å². The summed E-state index contributed by atoms with van der Waals surface area (Å²) in [7, 11) is 0. The Hall–Kier alpha value is -0.860. The van der Waals surface area contributed by atoms with E-state index in [4.69, 9.17) is 0 Å². The quantitative estimate of drug-likeness (QED) is 0.683. The average Bonchev–Trinajstić information content (AvgIpc) is 2.24. The van der Waals surface area contributed by atoms with E-state index in [0.29, 0.717) is 12.8 Å². The fourth-order valence-electron chi connectivity index (χ4n) is 1.95. The van der Waals surface area contributed by atoms with Crippen LogP contribution in [0.4, 0.5) is 0 Å². The number of rotatable bonds is 0. The molecule has 0 bridgehead atoms. The zero-order valence-electron chi connectivity index (χ0n) is 9.70. The first-order chi connectivity index (χ1) is 7.18. The topological polar surface area (TPSA) is 40.5 Å². The molecule has 2 heteroatoms. The highest BCUT2D eigenvalue weighted by Gasteiger charge is 2.25. The number of aliphatic hydroxyl groups excluding tert-OH is 2. The lowest BCUT2D eigenvalue weighted by molar-refractivity contribution is 0.0140. The Morgan fingerprint density at radius 3 is 2.33 bits per heavy atom. The summed E-state index contributed by atoms with van der Waals surface area (Å²) in [6, 6.07) is 6.07. The molecule has 84 valence electrons. The molecule has 2 unspecified atom stereocenters. The minimum absolute atomic E-state index is 0.582. The first-order valence-electron chi connectivity index (χ1n) is 5.62. The first kappa shape index (κ1) is 12.2. The standard InChI is InChI=1S/C11H14O2.C2H6/c1-7-3-2-4-8-5-10(12)11(13)6-9(7)8;1-2/h2-4,10-13H,5-6H2,1H3;1-2H3. The van der Waals surface area contributed by atoms with Crippen LogP contribution in [0, 0.1) is 6.92 Å². The third-order valence-electron chi connectivity index (χ3n) is 2.79. The third kappa shape index (κ3) is 2.58. The van der Waals surface area contributed by atoms with Crippen molar-refractivity contribution in [2.24, 2.45) is 0 Å². The summed E-state index contributed by atoms with van der Waals surface area (Å²) >= 11 is 0. The van der Waals surface area contributed by atoms with Gasteiger partial charge in [-0.2, -0.15) is 0 Å². The lowest BCUT2D eigenvalue weighted by atomic mass is 9.85. The van der Waals surface area contributed by atoms with Crippen molar-refractivity contribution < 1.29 is 10.2 Å². The molecule has 0 amide bonds. The second-order valence-corrected chi connectivity index (χ2v) is 3.76. The van der Waals surface area contributed by atoms with Gasteiger partial charge in [-0.1, -0.05) is 32.0 Å². The molecule has 15 heavy (non-hydrogen) atoms. The van der Waals surface area contributed by atoms with Crippen LogP contribution >= 0.6 is 0 Å². The summed E-state index contributed by atoms with van der Waals surface area (Å²) in [6.45, 7) is 6.04. The molecule has 1 aromatic carbocycles. The van der Waals surface area contributed by atoms with Gasteiger partial charge in [0.25, 0.3) is 0 Å². The molecular weight excluding hydrogens is 188 g/mol. The number of benzene rings is 1. The number of aliphatic hydroxyl groups is 2. The highest BCUT2D eigenvalue weighted by molar-refractivity contribution is 5.37. The Kier molecular flexibility index (Phi) is 4.30. The van der Waals surface area contributed by atoms with Crippen molar-refractivity contribution in [1.29, 1.82) is 0 Å². The maximum Gasteiger partial charge on any atom is 0.0842 e. The Labute approximate surface area is 91.6 Å². The maximum atomic E-state index is 9.50. The van der Waals surface area contributed by atoms with Crippen LogP contribution in [0.1, 0.15) is 30.5 Å². The van der Waals surface area contributed by atoms with E-state index < -0.39 is 12.2 Å². The molecule has 0 aromatic heterocycles. The van der Waals surface area contributed by atoms with Gasteiger partial charge < -0.3 is 10.2 Å². The summed E-state index contributed by atoms with van der Waals surface area (Å²) in [4.78, 5) is 0. The second-order valence-electron chi connectivity index (χ2n) is 3.76. The second kappa shape index (κ2) is 5.29. The predicted octanol–water partition coefficient (Wildman–Crippen LogP) is 1.84. The van der Waals surface area contributed by atoms with Gasteiger partial charge in [0.1, 0.15) is 0 Å². The molecule has 0 saturated carbocycles. The molecule has 0 aliphatic heterocycles. The number of aryl methyl sites for hydroxylation is 1.